The summed E-state index contributed by atoms with van der Waals surface area (Å²) in [5, 5.41) is 7.46. The molecule has 4 rings (SSSR count). The van der Waals surface area contributed by atoms with Crippen molar-refractivity contribution in [1.29, 1.82) is 0 Å². The Labute approximate surface area is 186 Å². The number of benzene rings is 1. The summed E-state index contributed by atoms with van der Waals surface area (Å²) in [5.74, 6) is 0.487. The summed E-state index contributed by atoms with van der Waals surface area (Å²) in [4.78, 5) is 22.2. The molecule has 0 saturated carbocycles. The fourth-order valence-corrected chi connectivity index (χ4v) is 3.49. The van der Waals surface area contributed by atoms with Crippen LogP contribution < -0.4 is 10.2 Å². The van der Waals surface area contributed by atoms with Gasteiger partial charge in [0.25, 0.3) is 0 Å². The Morgan fingerprint density at radius 3 is 2.59 bits per heavy atom. The van der Waals surface area contributed by atoms with Gasteiger partial charge in [-0.2, -0.15) is 28.2 Å². The van der Waals surface area contributed by atoms with Crippen molar-refractivity contribution in [2.45, 2.75) is 38.6 Å². The lowest BCUT2D eigenvalue weighted by Gasteiger charge is -2.40. The second kappa shape index (κ2) is 7.80. The maximum atomic E-state index is 13.1. The van der Waals surface area contributed by atoms with Gasteiger partial charge in [0.05, 0.1) is 28.9 Å². The van der Waals surface area contributed by atoms with E-state index in [-0.39, 0.29) is 22.7 Å². The second-order valence-corrected chi connectivity index (χ2v) is 8.74. The number of aromatic nitrogens is 4. The average Bonchev–Trinajstić information content (AvgIpc) is 3.05. The molecule has 1 fully saturated rings. The third kappa shape index (κ3) is 4.57. The van der Waals surface area contributed by atoms with Crippen molar-refractivity contribution in [3.05, 3.63) is 41.3 Å². The van der Waals surface area contributed by atoms with Crippen LogP contribution in [0.3, 0.4) is 0 Å². The summed E-state index contributed by atoms with van der Waals surface area (Å²) in [6.45, 7) is 6.25. The van der Waals surface area contributed by atoms with Crippen LogP contribution >= 0.6 is 11.6 Å². The highest BCUT2D eigenvalue weighted by Crippen LogP contribution is 2.33. The van der Waals surface area contributed by atoms with Crippen LogP contribution in [-0.2, 0) is 10.9 Å². The molecule has 1 N–H and O–H groups in total. The number of rotatable bonds is 3. The Morgan fingerprint density at radius 1 is 1.22 bits per heavy atom. The molecule has 0 spiro atoms. The van der Waals surface area contributed by atoms with E-state index in [2.05, 4.69) is 20.4 Å². The van der Waals surface area contributed by atoms with Gasteiger partial charge in [-0.3, -0.25) is 0 Å². The zero-order chi connectivity index (χ0) is 23.3. The summed E-state index contributed by atoms with van der Waals surface area (Å²) >= 11 is 6.10. The van der Waals surface area contributed by atoms with E-state index in [1.54, 1.807) is 20.8 Å². The molecule has 1 saturated heterocycles. The van der Waals surface area contributed by atoms with Crippen LogP contribution in [0.15, 0.2) is 30.5 Å². The molecule has 0 atom stereocenters. The lowest BCUT2D eigenvalue weighted by Crippen LogP contribution is -2.60. The van der Waals surface area contributed by atoms with E-state index in [0.717, 1.165) is 12.1 Å². The number of hydrogen-bond acceptors (Lipinski definition) is 6. The highest BCUT2D eigenvalue weighted by Gasteiger charge is 2.33. The molecule has 12 heteroatoms. The predicted molar refractivity (Wildman–Crippen MR) is 112 cm³/mol. The summed E-state index contributed by atoms with van der Waals surface area (Å²) in [6, 6.07) is 4.64. The number of amides is 1. The SMILES string of the molecule is CC(C)(C)OC(=O)NC1CN(c2nc(Cl)nc3c2cnn3-c2cccc(C(F)(F)F)c2)C1. The molecule has 1 aromatic carbocycles. The van der Waals surface area contributed by atoms with Gasteiger partial charge in [-0.15, -0.1) is 0 Å². The molecule has 3 aromatic rings. The number of nitrogens with zero attached hydrogens (tertiary/aromatic N) is 5. The number of anilines is 1. The molecule has 170 valence electrons. The summed E-state index contributed by atoms with van der Waals surface area (Å²) in [6.07, 6.45) is -3.51. The van der Waals surface area contributed by atoms with E-state index in [4.69, 9.17) is 16.3 Å². The molecule has 0 bridgehead atoms. The molecule has 0 unspecified atom stereocenters. The lowest BCUT2D eigenvalue weighted by atomic mass is 10.1. The topological polar surface area (TPSA) is 85.2 Å². The van der Waals surface area contributed by atoms with Crippen LogP contribution in [0, 0.1) is 0 Å². The van der Waals surface area contributed by atoms with Crippen LogP contribution in [-0.4, -0.2) is 50.6 Å². The van der Waals surface area contributed by atoms with Gasteiger partial charge in [-0.1, -0.05) is 6.07 Å². The standard InChI is InChI=1S/C20H20ClF3N6O2/c1-19(2,3)32-18(31)26-12-9-29(10-12)15-14-8-25-30(16(14)28-17(21)27-15)13-6-4-5-11(7-13)20(22,23)24/h4-8,12H,9-10H2,1-3H3,(H,26,31). The Kier molecular flexibility index (Phi) is 5.40. The van der Waals surface area contributed by atoms with Gasteiger partial charge in [0.2, 0.25) is 5.28 Å². The van der Waals surface area contributed by atoms with Crippen molar-refractivity contribution in [1.82, 2.24) is 25.1 Å². The Bertz CT molecular complexity index is 1170. The minimum absolute atomic E-state index is 0.0650. The number of halogens is 4. The van der Waals surface area contributed by atoms with E-state index >= 15 is 0 Å². The Balaban J connectivity index is 1.57. The minimum Gasteiger partial charge on any atom is -0.444 e. The molecule has 0 radical (unpaired) electrons. The normalized spacial score (nSPS) is 15.0. The van der Waals surface area contributed by atoms with Gasteiger partial charge in [-0.25, -0.2) is 9.48 Å². The van der Waals surface area contributed by atoms with Crippen molar-refractivity contribution in [3.8, 4) is 5.69 Å². The van der Waals surface area contributed by atoms with Crippen LogP contribution in [0.4, 0.5) is 23.8 Å². The molecule has 3 heterocycles. The fraction of sp³-hybridized carbons (Fsp3) is 0.400. The van der Waals surface area contributed by atoms with Crippen LogP contribution in [0.5, 0.6) is 0 Å². The fourth-order valence-electron chi connectivity index (χ4n) is 3.33. The maximum Gasteiger partial charge on any atom is 0.416 e. The number of fused-ring (bicyclic) bond motifs is 1. The van der Waals surface area contributed by atoms with Crippen molar-refractivity contribution in [2.24, 2.45) is 0 Å². The van der Waals surface area contributed by atoms with Crippen LogP contribution in [0.2, 0.25) is 5.28 Å². The van der Waals surface area contributed by atoms with E-state index in [0.29, 0.717) is 24.3 Å². The summed E-state index contributed by atoms with van der Waals surface area (Å²) in [5.41, 5.74) is -0.915. The van der Waals surface area contributed by atoms with E-state index in [1.165, 1.54) is 23.0 Å². The second-order valence-electron chi connectivity index (χ2n) is 8.41. The highest BCUT2D eigenvalue weighted by atomic mass is 35.5. The van der Waals surface area contributed by atoms with Crippen molar-refractivity contribution >= 4 is 34.5 Å². The molecule has 8 nitrogen and oxygen atoms in total. The first-order valence-electron chi connectivity index (χ1n) is 9.74. The number of carbonyl (C=O) groups is 1. The molecular weight excluding hydrogens is 449 g/mol. The van der Waals surface area contributed by atoms with Gasteiger partial charge < -0.3 is 15.0 Å². The molecule has 0 aliphatic carbocycles. The van der Waals surface area contributed by atoms with Gasteiger partial charge in [0.15, 0.2) is 5.65 Å². The number of carbonyl (C=O) groups excluding carboxylic acids is 1. The molecule has 1 aliphatic heterocycles. The average molecular weight is 469 g/mol. The number of ether oxygens (including phenoxy) is 1. The van der Waals surface area contributed by atoms with E-state index in [1.807, 2.05) is 4.90 Å². The van der Waals surface area contributed by atoms with Crippen LogP contribution in [0.25, 0.3) is 16.7 Å². The number of alkyl carbamates (subject to hydrolysis) is 1. The number of alkyl halides is 3. The molecular formula is C20H20ClF3N6O2. The van der Waals surface area contributed by atoms with E-state index < -0.39 is 23.4 Å². The smallest absolute Gasteiger partial charge is 0.416 e. The quantitative estimate of drug-likeness (QED) is 0.580. The molecule has 2 aromatic heterocycles. The first-order valence-corrected chi connectivity index (χ1v) is 10.1. The van der Waals surface area contributed by atoms with Crippen molar-refractivity contribution in [3.63, 3.8) is 0 Å². The molecule has 32 heavy (non-hydrogen) atoms. The number of nitrogens with one attached hydrogen (secondary N) is 1. The molecule has 1 aliphatic rings. The van der Waals surface area contributed by atoms with Gasteiger partial charge in [-0.05, 0) is 50.6 Å². The van der Waals surface area contributed by atoms with Crippen LogP contribution in [0.1, 0.15) is 26.3 Å². The molecule has 1 amide bonds. The monoisotopic (exact) mass is 468 g/mol. The third-order valence-electron chi connectivity index (χ3n) is 4.70. The first-order chi connectivity index (χ1) is 14.9. The lowest BCUT2D eigenvalue weighted by molar-refractivity contribution is -0.137. The summed E-state index contributed by atoms with van der Waals surface area (Å²) in [7, 11) is 0. The van der Waals surface area contributed by atoms with Gasteiger partial charge >= 0.3 is 12.3 Å². The number of hydrogen-bond donors (Lipinski definition) is 1. The third-order valence-corrected chi connectivity index (χ3v) is 4.87. The predicted octanol–water partition coefficient (Wildman–Crippen LogP) is 4.20. The van der Waals surface area contributed by atoms with Gasteiger partial charge in [0, 0.05) is 13.1 Å². The van der Waals surface area contributed by atoms with Gasteiger partial charge in [0.1, 0.15) is 11.4 Å². The minimum atomic E-state index is -4.48. The van der Waals surface area contributed by atoms with Crippen molar-refractivity contribution < 1.29 is 22.7 Å². The zero-order valence-corrected chi connectivity index (χ0v) is 18.2. The maximum absolute atomic E-state index is 13.1. The zero-order valence-electron chi connectivity index (χ0n) is 17.4. The Morgan fingerprint density at radius 2 is 1.94 bits per heavy atom. The summed E-state index contributed by atoms with van der Waals surface area (Å²) < 4.78 is 45.9. The largest absolute Gasteiger partial charge is 0.444 e. The van der Waals surface area contributed by atoms with E-state index in [9.17, 15) is 18.0 Å². The Hall–Kier alpha value is -3.08. The first kappa shape index (κ1) is 22.1. The highest BCUT2D eigenvalue weighted by molar-refractivity contribution is 6.28. The van der Waals surface area contributed by atoms with Crippen molar-refractivity contribution in [2.75, 3.05) is 18.0 Å².